The minimum absolute atomic E-state index is 0.210. The fraction of sp³-hybridized carbons (Fsp3) is 0.292. The molecule has 5 rings (SSSR count). The van der Waals surface area contributed by atoms with Crippen LogP contribution in [0.25, 0.3) is 0 Å². The number of fused-ring (bicyclic) bond motifs is 4. The number of nitrogens with one attached hydrogen (secondary N) is 1. The van der Waals surface area contributed by atoms with Crippen LogP contribution in [-0.2, 0) is 19.9 Å². The molecule has 3 heterocycles. The number of carbonyl (C=O) groups excluding carboxylic acids is 3. The van der Waals surface area contributed by atoms with E-state index in [0.717, 1.165) is 11.3 Å². The van der Waals surface area contributed by atoms with Crippen LogP contribution in [0, 0.1) is 11.8 Å². The molecule has 2 fully saturated rings. The second kappa shape index (κ2) is 7.04. The Morgan fingerprint density at radius 3 is 2.48 bits per heavy atom. The lowest BCUT2D eigenvalue weighted by molar-refractivity contribution is -0.132. The summed E-state index contributed by atoms with van der Waals surface area (Å²) in [6.45, 7) is 6.07. The van der Waals surface area contributed by atoms with E-state index in [9.17, 15) is 14.4 Å². The van der Waals surface area contributed by atoms with Crippen LogP contribution in [0.15, 0.2) is 61.2 Å². The van der Waals surface area contributed by atoms with E-state index in [1.54, 1.807) is 35.2 Å². The predicted molar refractivity (Wildman–Crippen MR) is 119 cm³/mol. The van der Waals surface area contributed by atoms with Gasteiger partial charge in [-0.15, -0.1) is 6.58 Å². The van der Waals surface area contributed by atoms with Crippen LogP contribution in [0.2, 0.25) is 5.02 Å². The van der Waals surface area contributed by atoms with E-state index in [2.05, 4.69) is 11.9 Å². The third-order valence-electron chi connectivity index (χ3n) is 6.70. The molecule has 1 N–H and O–H groups in total. The van der Waals surface area contributed by atoms with Crippen molar-refractivity contribution in [3.8, 4) is 0 Å². The van der Waals surface area contributed by atoms with Crippen LogP contribution in [0.1, 0.15) is 18.9 Å². The molecule has 4 atom stereocenters. The molecule has 0 radical (unpaired) electrons. The Morgan fingerprint density at radius 1 is 1.10 bits per heavy atom. The molecule has 3 amide bonds. The highest BCUT2D eigenvalue weighted by atomic mass is 35.5. The van der Waals surface area contributed by atoms with Gasteiger partial charge in [0.1, 0.15) is 5.54 Å². The Kier molecular flexibility index (Phi) is 4.53. The monoisotopic (exact) mass is 435 g/mol. The fourth-order valence-corrected chi connectivity index (χ4v) is 5.58. The lowest BCUT2D eigenvalue weighted by atomic mass is 9.76. The molecule has 3 aliphatic heterocycles. The van der Waals surface area contributed by atoms with Gasteiger partial charge in [-0.2, -0.15) is 0 Å². The van der Waals surface area contributed by atoms with E-state index in [-0.39, 0.29) is 23.8 Å². The van der Waals surface area contributed by atoms with E-state index in [0.29, 0.717) is 23.7 Å². The topological polar surface area (TPSA) is 69.7 Å². The molecule has 1 spiro atoms. The van der Waals surface area contributed by atoms with Crippen molar-refractivity contribution in [1.29, 1.82) is 0 Å². The Labute approximate surface area is 185 Å². The number of rotatable bonds is 4. The third-order valence-corrected chi connectivity index (χ3v) is 6.95. The third kappa shape index (κ3) is 2.52. The number of carbonyl (C=O) groups is 3. The molecule has 0 unspecified atom stereocenters. The number of nitrogens with zero attached hydrogens (tertiary/aromatic N) is 2. The van der Waals surface area contributed by atoms with Crippen LogP contribution in [0.3, 0.4) is 0 Å². The molecule has 2 aromatic rings. The highest BCUT2D eigenvalue weighted by Gasteiger charge is 2.71. The minimum atomic E-state index is -1.27. The van der Waals surface area contributed by atoms with Crippen molar-refractivity contribution in [1.82, 2.24) is 5.32 Å². The van der Waals surface area contributed by atoms with Gasteiger partial charge in [0.25, 0.3) is 5.91 Å². The number of para-hydroxylation sites is 1. The van der Waals surface area contributed by atoms with Gasteiger partial charge >= 0.3 is 0 Å². The van der Waals surface area contributed by atoms with Gasteiger partial charge in [0, 0.05) is 28.9 Å². The number of anilines is 2. The molecule has 3 aliphatic rings. The number of imide groups is 1. The second-order valence-corrected chi connectivity index (χ2v) is 8.62. The van der Waals surface area contributed by atoms with Gasteiger partial charge in [0.15, 0.2) is 0 Å². The Morgan fingerprint density at radius 2 is 1.81 bits per heavy atom. The quantitative estimate of drug-likeness (QED) is 0.591. The van der Waals surface area contributed by atoms with Crippen molar-refractivity contribution in [3.05, 3.63) is 71.8 Å². The summed E-state index contributed by atoms with van der Waals surface area (Å²) in [6.07, 6.45) is 2.28. The van der Waals surface area contributed by atoms with Gasteiger partial charge in [-0.05, 0) is 36.8 Å². The summed E-state index contributed by atoms with van der Waals surface area (Å²) >= 11 is 6.00. The number of hydrogen-bond acceptors (Lipinski definition) is 4. The average Bonchev–Trinajstić information content (AvgIpc) is 3.34. The highest BCUT2D eigenvalue weighted by molar-refractivity contribution is 6.31. The maximum Gasteiger partial charge on any atom is 0.253 e. The number of benzene rings is 2. The molecule has 7 heteroatoms. The molecule has 2 aromatic carbocycles. The minimum Gasteiger partial charge on any atom is -0.306 e. The van der Waals surface area contributed by atoms with Crippen LogP contribution in [0.4, 0.5) is 11.4 Å². The molecule has 0 bridgehead atoms. The van der Waals surface area contributed by atoms with Crippen molar-refractivity contribution in [2.24, 2.45) is 11.8 Å². The van der Waals surface area contributed by atoms with Gasteiger partial charge < -0.3 is 4.90 Å². The summed E-state index contributed by atoms with van der Waals surface area (Å²) < 4.78 is 0. The maximum atomic E-state index is 13.8. The zero-order valence-electron chi connectivity index (χ0n) is 17.0. The van der Waals surface area contributed by atoms with Crippen LogP contribution >= 0.6 is 11.6 Å². The van der Waals surface area contributed by atoms with Gasteiger partial charge in [-0.3, -0.25) is 19.7 Å². The SMILES string of the molecule is C=CCN1C(=O)[C@]2(N[C@H](CC)[C@H]3C(=O)N(c4ccc(Cl)cc4)C(=O)[C@@H]32)c2ccccc21. The molecule has 0 aliphatic carbocycles. The summed E-state index contributed by atoms with van der Waals surface area (Å²) in [5.41, 5.74) is 0.701. The Bertz CT molecular complexity index is 1120. The number of amides is 3. The van der Waals surface area contributed by atoms with Gasteiger partial charge in [0.2, 0.25) is 11.8 Å². The molecule has 0 aromatic heterocycles. The first-order valence-electron chi connectivity index (χ1n) is 10.4. The summed E-state index contributed by atoms with van der Waals surface area (Å²) in [5, 5.41) is 3.96. The number of halogens is 1. The van der Waals surface area contributed by atoms with E-state index in [1.807, 2.05) is 31.2 Å². The molecule has 2 saturated heterocycles. The molecule has 31 heavy (non-hydrogen) atoms. The smallest absolute Gasteiger partial charge is 0.253 e. The zero-order valence-corrected chi connectivity index (χ0v) is 17.8. The summed E-state index contributed by atoms with van der Waals surface area (Å²) in [6, 6.07) is 13.8. The fourth-order valence-electron chi connectivity index (χ4n) is 5.45. The summed E-state index contributed by atoms with van der Waals surface area (Å²) in [7, 11) is 0. The molecule has 158 valence electrons. The van der Waals surface area contributed by atoms with Crippen molar-refractivity contribution >= 4 is 40.7 Å². The average molecular weight is 436 g/mol. The summed E-state index contributed by atoms with van der Waals surface area (Å²) in [5.74, 6) is -2.28. The van der Waals surface area contributed by atoms with Crippen LogP contribution in [-0.4, -0.2) is 30.3 Å². The van der Waals surface area contributed by atoms with Crippen molar-refractivity contribution in [3.63, 3.8) is 0 Å². The van der Waals surface area contributed by atoms with Crippen molar-refractivity contribution in [2.45, 2.75) is 24.9 Å². The van der Waals surface area contributed by atoms with Gasteiger partial charge in [-0.1, -0.05) is 42.8 Å². The standard InChI is InChI=1S/C24H22ClN3O3/c1-3-13-27-18-8-6-5-7-16(18)24(23(27)31)20-19(17(4-2)26-24)21(29)28(22(20)30)15-11-9-14(25)10-12-15/h3,5-12,17,19-20,26H,1,4,13H2,2H3/t17-,19-,20-,24+/m1/s1. The molecule has 6 nitrogen and oxygen atoms in total. The molecular formula is C24H22ClN3O3. The molecule has 0 saturated carbocycles. The Balaban J connectivity index is 1.68. The van der Waals surface area contributed by atoms with E-state index in [4.69, 9.17) is 11.6 Å². The van der Waals surface area contributed by atoms with Crippen molar-refractivity contribution in [2.75, 3.05) is 16.3 Å². The van der Waals surface area contributed by atoms with E-state index < -0.39 is 17.4 Å². The first kappa shape index (κ1) is 20.0. The number of hydrogen-bond donors (Lipinski definition) is 1. The Hall–Kier alpha value is -2.96. The van der Waals surface area contributed by atoms with E-state index >= 15 is 0 Å². The van der Waals surface area contributed by atoms with E-state index in [1.165, 1.54) is 4.90 Å². The largest absolute Gasteiger partial charge is 0.306 e. The van der Waals surface area contributed by atoms with Crippen LogP contribution in [0.5, 0.6) is 0 Å². The first-order chi connectivity index (χ1) is 15.0. The summed E-state index contributed by atoms with van der Waals surface area (Å²) in [4.78, 5) is 44.0. The molecular weight excluding hydrogens is 414 g/mol. The van der Waals surface area contributed by atoms with Gasteiger partial charge in [0.05, 0.1) is 17.5 Å². The normalized spacial score (nSPS) is 29.1. The van der Waals surface area contributed by atoms with Crippen LogP contribution < -0.4 is 15.1 Å². The zero-order chi connectivity index (χ0) is 21.9. The first-order valence-corrected chi connectivity index (χ1v) is 10.8. The van der Waals surface area contributed by atoms with Crippen molar-refractivity contribution < 1.29 is 14.4 Å². The second-order valence-electron chi connectivity index (χ2n) is 8.18. The highest BCUT2D eigenvalue weighted by Crippen LogP contribution is 2.55. The lowest BCUT2D eigenvalue weighted by Gasteiger charge is -2.30. The predicted octanol–water partition coefficient (Wildman–Crippen LogP) is 3.26. The van der Waals surface area contributed by atoms with Gasteiger partial charge in [-0.25, -0.2) is 4.90 Å². The lowest BCUT2D eigenvalue weighted by Crippen LogP contribution is -2.55. The maximum absolute atomic E-state index is 13.8.